The van der Waals surface area contributed by atoms with Gasteiger partial charge in [-0.1, -0.05) is 18.2 Å². The van der Waals surface area contributed by atoms with E-state index >= 15 is 0 Å². The van der Waals surface area contributed by atoms with E-state index in [1.807, 2.05) is 43.0 Å². The summed E-state index contributed by atoms with van der Waals surface area (Å²) < 4.78 is 1.85. The summed E-state index contributed by atoms with van der Waals surface area (Å²) in [4.78, 5) is 4.47. The minimum Gasteiger partial charge on any atom is -0.377 e. The molecule has 0 aliphatic carbocycles. The first-order valence-electron chi connectivity index (χ1n) is 6.75. The van der Waals surface area contributed by atoms with Crippen LogP contribution < -0.4 is 5.32 Å². The molecule has 1 aromatic carbocycles. The molecule has 3 rings (SSSR count). The SMILES string of the molecule is Cc1nn(C)cc1C(C)Nc1cnc2ccccc2c1. The van der Waals surface area contributed by atoms with E-state index in [-0.39, 0.29) is 6.04 Å². The van der Waals surface area contributed by atoms with Crippen molar-refractivity contribution in [1.82, 2.24) is 14.8 Å². The molecule has 4 heteroatoms. The number of pyridine rings is 1. The Morgan fingerprint density at radius 3 is 2.80 bits per heavy atom. The van der Waals surface area contributed by atoms with Crippen molar-refractivity contribution in [3.05, 3.63) is 54.0 Å². The van der Waals surface area contributed by atoms with E-state index in [2.05, 4.69) is 40.7 Å². The minimum absolute atomic E-state index is 0.201. The van der Waals surface area contributed by atoms with Crippen molar-refractivity contribution in [3.63, 3.8) is 0 Å². The second kappa shape index (κ2) is 4.96. The number of hydrogen-bond donors (Lipinski definition) is 1. The molecule has 0 fully saturated rings. The Hall–Kier alpha value is -2.36. The third-order valence-corrected chi connectivity index (χ3v) is 3.49. The number of fused-ring (bicyclic) bond motifs is 1. The summed E-state index contributed by atoms with van der Waals surface area (Å²) in [5.41, 5.74) is 4.31. The van der Waals surface area contributed by atoms with E-state index in [4.69, 9.17) is 0 Å². The maximum absolute atomic E-state index is 4.47. The first-order chi connectivity index (χ1) is 9.63. The van der Waals surface area contributed by atoms with Crippen molar-refractivity contribution in [2.24, 2.45) is 7.05 Å². The zero-order valence-electron chi connectivity index (χ0n) is 12.0. The number of aryl methyl sites for hydroxylation is 2. The van der Waals surface area contributed by atoms with Crippen LogP contribution >= 0.6 is 0 Å². The van der Waals surface area contributed by atoms with Crippen LogP contribution in [0.15, 0.2) is 42.7 Å². The highest BCUT2D eigenvalue weighted by Crippen LogP contribution is 2.23. The Morgan fingerprint density at radius 1 is 1.25 bits per heavy atom. The van der Waals surface area contributed by atoms with Crippen molar-refractivity contribution in [2.75, 3.05) is 5.32 Å². The van der Waals surface area contributed by atoms with E-state index < -0.39 is 0 Å². The number of rotatable bonds is 3. The molecule has 0 saturated heterocycles. The number of para-hydroxylation sites is 1. The topological polar surface area (TPSA) is 42.7 Å². The molecule has 0 amide bonds. The number of nitrogens with zero attached hydrogens (tertiary/aromatic N) is 3. The van der Waals surface area contributed by atoms with Gasteiger partial charge in [0.25, 0.3) is 0 Å². The number of hydrogen-bond acceptors (Lipinski definition) is 3. The maximum Gasteiger partial charge on any atom is 0.0703 e. The summed E-state index contributed by atoms with van der Waals surface area (Å²) in [5.74, 6) is 0. The molecule has 0 spiro atoms. The zero-order chi connectivity index (χ0) is 14.1. The molecule has 1 N–H and O–H groups in total. The molecule has 2 heterocycles. The molecular formula is C16H18N4. The number of nitrogens with one attached hydrogen (secondary N) is 1. The lowest BCUT2D eigenvalue weighted by molar-refractivity contribution is 0.756. The number of benzene rings is 1. The fourth-order valence-electron chi connectivity index (χ4n) is 2.52. The third kappa shape index (κ3) is 2.37. The summed E-state index contributed by atoms with van der Waals surface area (Å²) >= 11 is 0. The second-order valence-electron chi connectivity index (χ2n) is 5.13. The van der Waals surface area contributed by atoms with Crippen LogP contribution in [0.1, 0.15) is 24.2 Å². The molecule has 0 aliphatic rings. The summed E-state index contributed by atoms with van der Waals surface area (Å²) in [6.07, 6.45) is 3.94. The molecule has 0 aliphatic heterocycles. The van der Waals surface area contributed by atoms with Gasteiger partial charge in [0, 0.05) is 24.2 Å². The Balaban J connectivity index is 1.87. The fourth-order valence-corrected chi connectivity index (χ4v) is 2.52. The van der Waals surface area contributed by atoms with Gasteiger partial charge in [-0.2, -0.15) is 5.10 Å². The molecule has 0 saturated carbocycles. The summed E-state index contributed by atoms with van der Waals surface area (Å²) in [6.45, 7) is 4.17. The van der Waals surface area contributed by atoms with Gasteiger partial charge in [0.2, 0.25) is 0 Å². The molecule has 4 nitrogen and oxygen atoms in total. The van der Waals surface area contributed by atoms with Crippen LogP contribution in [-0.4, -0.2) is 14.8 Å². The smallest absolute Gasteiger partial charge is 0.0703 e. The number of anilines is 1. The molecule has 1 unspecified atom stereocenters. The average Bonchev–Trinajstić information content (AvgIpc) is 2.78. The molecule has 102 valence electrons. The predicted octanol–water partition coefficient (Wildman–Crippen LogP) is 3.45. The Morgan fingerprint density at radius 2 is 2.05 bits per heavy atom. The van der Waals surface area contributed by atoms with Crippen molar-refractivity contribution in [2.45, 2.75) is 19.9 Å². The highest BCUT2D eigenvalue weighted by Gasteiger charge is 2.11. The van der Waals surface area contributed by atoms with Crippen LogP contribution in [0.4, 0.5) is 5.69 Å². The third-order valence-electron chi connectivity index (χ3n) is 3.49. The van der Waals surface area contributed by atoms with E-state index in [0.29, 0.717) is 0 Å². The molecule has 20 heavy (non-hydrogen) atoms. The Kier molecular flexibility index (Phi) is 3.14. The van der Waals surface area contributed by atoms with E-state index in [9.17, 15) is 0 Å². The molecule has 0 radical (unpaired) electrons. The highest BCUT2D eigenvalue weighted by atomic mass is 15.3. The van der Waals surface area contributed by atoms with Gasteiger partial charge in [-0.3, -0.25) is 9.67 Å². The fraction of sp³-hybridized carbons (Fsp3) is 0.250. The van der Waals surface area contributed by atoms with Gasteiger partial charge in [-0.25, -0.2) is 0 Å². The summed E-state index contributed by atoms with van der Waals surface area (Å²) in [6, 6.07) is 10.5. The van der Waals surface area contributed by atoms with Crippen LogP contribution in [0.3, 0.4) is 0 Å². The number of aromatic nitrogens is 3. The second-order valence-corrected chi connectivity index (χ2v) is 5.13. The standard InChI is InChI=1S/C16H18N4/c1-11(15-10-20(3)19-12(15)2)18-14-8-13-6-4-5-7-16(13)17-9-14/h4-11,18H,1-3H3. The van der Waals surface area contributed by atoms with Gasteiger partial charge in [-0.05, 0) is 26.0 Å². The van der Waals surface area contributed by atoms with Crippen molar-refractivity contribution in [3.8, 4) is 0 Å². The molecule has 1 atom stereocenters. The monoisotopic (exact) mass is 266 g/mol. The average molecular weight is 266 g/mol. The Bertz CT molecular complexity index is 745. The van der Waals surface area contributed by atoms with E-state index in [1.165, 1.54) is 5.56 Å². The minimum atomic E-state index is 0.201. The van der Waals surface area contributed by atoms with Crippen LogP contribution in [0, 0.1) is 6.92 Å². The van der Waals surface area contributed by atoms with Gasteiger partial charge in [-0.15, -0.1) is 0 Å². The lowest BCUT2D eigenvalue weighted by Gasteiger charge is -2.14. The van der Waals surface area contributed by atoms with Crippen LogP contribution in [0.2, 0.25) is 0 Å². The predicted molar refractivity (Wildman–Crippen MR) is 81.7 cm³/mol. The molecule has 2 aromatic heterocycles. The van der Waals surface area contributed by atoms with Crippen molar-refractivity contribution < 1.29 is 0 Å². The Labute approximate surface area is 118 Å². The van der Waals surface area contributed by atoms with E-state index in [0.717, 1.165) is 22.3 Å². The first kappa shape index (κ1) is 12.7. The normalized spacial score (nSPS) is 12.6. The summed E-state index contributed by atoms with van der Waals surface area (Å²) in [5, 5.41) is 9.02. The largest absolute Gasteiger partial charge is 0.377 e. The van der Waals surface area contributed by atoms with Gasteiger partial charge < -0.3 is 5.32 Å². The van der Waals surface area contributed by atoms with Crippen molar-refractivity contribution in [1.29, 1.82) is 0 Å². The zero-order valence-corrected chi connectivity index (χ0v) is 12.0. The lowest BCUT2D eigenvalue weighted by Crippen LogP contribution is -2.07. The highest BCUT2D eigenvalue weighted by molar-refractivity contribution is 5.81. The van der Waals surface area contributed by atoms with Crippen LogP contribution in [0.5, 0.6) is 0 Å². The van der Waals surface area contributed by atoms with Gasteiger partial charge in [0.1, 0.15) is 0 Å². The van der Waals surface area contributed by atoms with Gasteiger partial charge in [0.15, 0.2) is 0 Å². The lowest BCUT2D eigenvalue weighted by atomic mass is 10.1. The van der Waals surface area contributed by atoms with Crippen LogP contribution in [-0.2, 0) is 7.05 Å². The maximum atomic E-state index is 4.47. The molecule has 3 aromatic rings. The molecule has 0 bridgehead atoms. The first-order valence-corrected chi connectivity index (χ1v) is 6.75. The van der Waals surface area contributed by atoms with Gasteiger partial charge in [0.05, 0.1) is 29.1 Å². The summed E-state index contributed by atoms with van der Waals surface area (Å²) in [7, 11) is 1.95. The quantitative estimate of drug-likeness (QED) is 0.789. The molecular weight excluding hydrogens is 248 g/mol. The van der Waals surface area contributed by atoms with E-state index in [1.54, 1.807) is 0 Å². The van der Waals surface area contributed by atoms with Crippen LogP contribution in [0.25, 0.3) is 10.9 Å². The van der Waals surface area contributed by atoms with Gasteiger partial charge >= 0.3 is 0 Å². The van der Waals surface area contributed by atoms with Crippen molar-refractivity contribution >= 4 is 16.6 Å².